The summed E-state index contributed by atoms with van der Waals surface area (Å²) in [5, 5.41) is 23.8. The first-order valence-electron chi connectivity index (χ1n) is 13.0. The molecule has 0 aromatic carbocycles. The van der Waals surface area contributed by atoms with Gasteiger partial charge in [-0.15, -0.1) is 0 Å². The lowest BCUT2D eigenvalue weighted by Crippen LogP contribution is -2.83. The topological polar surface area (TPSA) is 106 Å². The molecule has 1 amide bonds. The number of ether oxygens (including phenoxy) is 3. The molecule has 35 heavy (non-hydrogen) atoms. The number of allylic oxidation sites excluding steroid dienone is 1. The van der Waals surface area contributed by atoms with E-state index in [9.17, 15) is 19.8 Å². The minimum atomic E-state index is -1.72. The summed E-state index contributed by atoms with van der Waals surface area (Å²) in [6.07, 6.45) is 4.44. The van der Waals surface area contributed by atoms with Crippen molar-refractivity contribution in [3.63, 3.8) is 0 Å². The number of carbonyl (C=O) groups is 2. The van der Waals surface area contributed by atoms with E-state index in [0.29, 0.717) is 44.9 Å². The van der Waals surface area contributed by atoms with Crippen LogP contribution < -0.4 is 0 Å². The second-order valence-electron chi connectivity index (χ2n) is 12.1. The van der Waals surface area contributed by atoms with Crippen LogP contribution in [0.25, 0.3) is 0 Å². The smallest absolute Gasteiger partial charge is 0.225 e. The molecule has 3 heterocycles. The Morgan fingerprint density at radius 1 is 1.23 bits per heavy atom. The number of hydrogen-bond donors (Lipinski definition) is 2. The first kappa shape index (κ1) is 23.8. The molecule has 7 rings (SSSR count). The summed E-state index contributed by atoms with van der Waals surface area (Å²) >= 11 is 0. The summed E-state index contributed by atoms with van der Waals surface area (Å²) in [6, 6.07) is 0. The number of carbonyl (C=O) groups excluding carboxylic acids is 2. The van der Waals surface area contributed by atoms with Crippen LogP contribution in [0.5, 0.6) is 0 Å². The van der Waals surface area contributed by atoms with Gasteiger partial charge in [0.1, 0.15) is 11.5 Å². The molecule has 0 radical (unpaired) electrons. The second-order valence-corrected chi connectivity index (χ2v) is 12.1. The lowest BCUT2D eigenvalue weighted by atomic mass is 9.37. The fourth-order valence-corrected chi connectivity index (χ4v) is 8.89. The summed E-state index contributed by atoms with van der Waals surface area (Å²) in [4.78, 5) is 28.6. The van der Waals surface area contributed by atoms with Gasteiger partial charge in [0.15, 0.2) is 5.78 Å². The van der Waals surface area contributed by atoms with E-state index in [-0.39, 0.29) is 47.9 Å². The minimum Gasteiger partial charge on any atom is -0.391 e. The van der Waals surface area contributed by atoms with E-state index < -0.39 is 28.8 Å². The minimum absolute atomic E-state index is 0.00511. The second kappa shape index (κ2) is 7.71. The molecule has 2 spiro atoms. The Kier molecular flexibility index (Phi) is 5.24. The Labute approximate surface area is 206 Å². The van der Waals surface area contributed by atoms with E-state index >= 15 is 0 Å². The molecule has 7 aliphatic rings. The van der Waals surface area contributed by atoms with E-state index in [2.05, 4.69) is 32.6 Å². The first-order valence-corrected chi connectivity index (χ1v) is 13.0. The highest BCUT2D eigenvalue weighted by Crippen LogP contribution is 2.76. The van der Waals surface area contributed by atoms with Crippen molar-refractivity contribution in [3.8, 4) is 0 Å². The van der Waals surface area contributed by atoms with Crippen LogP contribution in [0.4, 0.5) is 0 Å². The number of hydrogen-bond acceptors (Lipinski definition) is 7. The van der Waals surface area contributed by atoms with Crippen molar-refractivity contribution in [1.29, 1.82) is 0 Å². The first-order chi connectivity index (χ1) is 16.6. The Bertz CT molecular complexity index is 986. The quantitative estimate of drug-likeness (QED) is 0.457. The Balaban J connectivity index is 1.40. The molecule has 0 unspecified atom stereocenters. The molecule has 3 aliphatic heterocycles. The van der Waals surface area contributed by atoms with E-state index in [0.717, 1.165) is 12.8 Å². The van der Waals surface area contributed by atoms with Crippen molar-refractivity contribution in [2.24, 2.45) is 34.0 Å². The SMILES string of the molecule is C=C1C(=O)[C@]23[C@H](O)[C@H]1CC[C@H]2[C@]12C=CCC(C)(C)[C@H]1[C@H](O)[C@@]3(OCCC(=O)N1CCOCC1)OC2. The Hall–Kier alpha value is -1.58. The standard InChI is InChI=1S/C27H37NO7/c1-16-17-5-6-18-25-9-4-8-24(2,3)20(25)23(32)27(35-15-25,26(18,21(16)30)22(17)31)34-12-7-19(29)28-10-13-33-14-11-28/h4,9,17-18,20,22-23,31-32H,1,5-8,10-15H2,2-3H3/t17-,18-,20+,22+,23-,25+,26-,27+/m0/s1. The van der Waals surface area contributed by atoms with Crippen molar-refractivity contribution in [3.05, 3.63) is 24.3 Å². The molecule has 8 heteroatoms. The van der Waals surface area contributed by atoms with Gasteiger partial charge in [0.05, 0.1) is 39.0 Å². The van der Waals surface area contributed by atoms with Crippen LogP contribution in [0.15, 0.2) is 24.3 Å². The van der Waals surface area contributed by atoms with Crippen molar-refractivity contribution in [1.82, 2.24) is 4.90 Å². The van der Waals surface area contributed by atoms with Crippen molar-refractivity contribution >= 4 is 11.7 Å². The molecule has 8 nitrogen and oxygen atoms in total. The summed E-state index contributed by atoms with van der Waals surface area (Å²) in [6.45, 7) is 10.8. The van der Waals surface area contributed by atoms with Crippen LogP contribution in [0.3, 0.4) is 0 Å². The molecule has 192 valence electrons. The molecule has 2 N–H and O–H groups in total. The number of Topliss-reactive ketones (excluding diaryl/α,β-unsaturated/α-hetero) is 1. The van der Waals surface area contributed by atoms with Gasteiger partial charge < -0.3 is 29.3 Å². The van der Waals surface area contributed by atoms with E-state index in [4.69, 9.17) is 14.2 Å². The molecular weight excluding hydrogens is 450 g/mol. The fraction of sp³-hybridized carbons (Fsp3) is 0.778. The number of rotatable bonds is 4. The largest absolute Gasteiger partial charge is 0.391 e. The normalized spacial score (nSPS) is 47.5. The molecular formula is C27H37NO7. The fourth-order valence-electron chi connectivity index (χ4n) is 8.89. The third-order valence-corrected chi connectivity index (χ3v) is 10.2. The van der Waals surface area contributed by atoms with Gasteiger partial charge in [-0.3, -0.25) is 9.59 Å². The third-order valence-electron chi connectivity index (χ3n) is 10.2. The van der Waals surface area contributed by atoms with Gasteiger partial charge >= 0.3 is 0 Å². The molecule has 0 aromatic heterocycles. The van der Waals surface area contributed by atoms with E-state index in [1.807, 2.05) is 0 Å². The molecule has 3 saturated carbocycles. The summed E-state index contributed by atoms with van der Waals surface area (Å²) in [5.74, 6) is -2.82. The monoisotopic (exact) mass is 487 g/mol. The van der Waals surface area contributed by atoms with Gasteiger partial charge in [-0.05, 0) is 36.2 Å². The molecule has 0 aromatic rings. The molecule has 8 atom stereocenters. The lowest BCUT2D eigenvalue weighted by molar-refractivity contribution is -0.447. The van der Waals surface area contributed by atoms with Crippen LogP contribution in [0.2, 0.25) is 0 Å². The van der Waals surface area contributed by atoms with Crippen LogP contribution in [-0.4, -0.2) is 84.3 Å². The number of fused-ring (bicyclic) bond motifs is 2. The maximum absolute atomic E-state index is 14.0. The van der Waals surface area contributed by atoms with Gasteiger partial charge in [0, 0.05) is 30.3 Å². The van der Waals surface area contributed by atoms with Crippen LogP contribution in [0, 0.1) is 34.0 Å². The predicted molar refractivity (Wildman–Crippen MR) is 125 cm³/mol. The number of nitrogens with zero attached hydrogens (tertiary/aromatic N) is 1. The Morgan fingerprint density at radius 3 is 2.71 bits per heavy atom. The number of amides is 1. The maximum Gasteiger partial charge on any atom is 0.225 e. The maximum atomic E-state index is 14.0. The van der Waals surface area contributed by atoms with Gasteiger partial charge in [0.2, 0.25) is 11.7 Å². The van der Waals surface area contributed by atoms with Crippen molar-refractivity contribution in [2.75, 3.05) is 39.5 Å². The highest BCUT2D eigenvalue weighted by molar-refractivity contribution is 6.05. The van der Waals surface area contributed by atoms with Gasteiger partial charge in [0.25, 0.3) is 0 Å². The predicted octanol–water partition coefficient (Wildman–Crippen LogP) is 1.45. The molecule has 4 aliphatic carbocycles. The van der Waals surface area contributed by atoms with Crippen molar-refractivity contribution < 1.29 is 34.0 Å². The number of aliphatic hydroxyl groups excluding tert-OH is 2. The number of morpholine rings is 1. The third kappa shape index (κ3) is 2.75. The summed E-state index contributed by atoms with van der Waals surface area (Å²) in [7, 11) is 0. The van der Waals surface area contributed by atoms with E-state index in [1.165, 1.54) is 0 Å². The molecule has 3 saturated heterocycles. The zero-order chi connectivity index (χ0) is 24.8. The average Bonchev–Trinajstić information content (AvgIpc) is 2.93. The zero-order valence-electron chi connectivity index (χ0n) is 20.7. The van der Waals surface area contributed by atoms with Gasteiger partial charge in [-0.25, -0.2) is 0 Å². The van der Waals surface area contributed by atoms with Crippen LogP contribution in [-0.2, 0) is 23.8 Å². The molecule has 6 fully saturated rings. The van der Waals surface area contributed by atoms with Crippen molar-refractivity contribution in [2.45, 2.75) is 57.5 Å². The lowest BCUT2D eigenvalue weighted by Gasteiger charge is -2.73. The number of ketones is 1. The molecule has 4 bridgehead atoms. The highest BCUT2D eigenvalue weighted by atomic mass is 16.7. The average molecular weight is 488 g/mol. The van der Waals surface area contributed by atoms with Crippen LogP contribution in [0.1, 0.15) is 39.5 Å². The Morgan fingerprint density at radius 2 is 1.97 bits per heavy atom. The van der Waals surface area contributed by atoms with E-state index in [1.54, 1.807) is 4.90 Å². The van der Waals surface area contributed by atoms with Gasteiger partial charge in [-0.1, -0.05) is 32.6 Å². The summed E-state index contributed by atoms with van der Waals surface area (Å²) < 4.78 is 18.2. The zero-order valence-corrected chi connectivity index (χ0v) is 20.7. The number of aliphatic hydroxyl groups is 2. The summed E-state index contributed by atoms with van der Waals surface area (Å²) in [5.41, 5.74) is -1.84. The highest BCUT2D eigenvalue weighted by Gasteiger charge is 2.86. The van der Waals surface area contributed by atoms with Crippen LogP contribution >= 0.6 is 0 Å². The van der Waals surface area contributed by atoms with Gasteiger partial charge in [-0.2, -0.15) is 0 Å².